The highest BCUT2D eigenvalue weighted by Crippen LogP contribution is 2.24. The van der Waals surface area contributed by atoms with Gasteiger partial charge in [-0.25, -0.2) is 0 Å². The number of hydrogen-bond acceptors (Lipinski definition) is 5. The van der Waals surface area contributed by atoms with Gasteiger partial charge in [0.05, 0.1) is 5.39 Å². The summed E-state index contributed by atoms with van der Waals surface area (Å²) in [6, 6.07) is 11.9. The molecule has 0 radical (unpaired) electrons. The van der Waals surface area contributed by atoms with Crippen molar-refractivity contribution in [3.63, 3.8) is 0 Å². The van der Waals surface area contributed by atoms with Crippen molar-refractivity contribution < 1.29 is 18.7 Å². The molecular weight excluding hydrogens is 296 g/mol. The van der Waals surface area contributed by atoms with Crippen LogP contribution in [0.5, 0.6) is 17.2 Å². The van der Waals surface area contributed by atoms with Gasteiger partial charge in [-0.1, -0.05) is 17.7 Å². The minimum absolute atomic E-state index is 0.0987. The summed E-state index contributed by atoms with van der Waals surface area (Å²) in [5.41, 5.74) is 1.13. The van der Waals surface area contributed by atoms with Crippen molar-refractivity contribution in [2.75, 3.05) is 0 Å². The molecule has 1 heterocycles. The molecule has 0 amide bonds. The summed E-state index contributed by atoms with van der Waals surface area (Å²) in [5, 5.41) is 0.352. The van der Waals surface area contributed by atoms with E-state index >= 15 is 0 Å². The Hall–Kier alpha value is -3.08. The quantitative estimate of drug-likeness (QED) is 0.543. The Morgan fingerprint density at radius 2 is 1.74 bits per heavy atom. The van der Waals surface area contributed by atoms with E-state index in [9.17, 15) is 9.59 Å². The highest BCUT2D eigenvalue weighted by Gasteiger charge is 2.10. The molecule has 116 valence electrons. The van der Waals surface area contributed by atoms with Crippen LogP contribution in [-0.4, -0.2) is 5.97 Å². The van der Waals surface area contributed by atoms with Crippen molar-refractivity contribution in [1.82, 2.24) is 0 Å². The average molecular weight is 310 g/mol. The Labute approximate surface area is 132 Å². The molecule has 0 bridgehead atoms. The molecule has 0 N–H and O–H groups in total. The van der Waals surface area contributed by atoms with Gasteiger partial charge in [0.2, 0.25) is 11.2 Å². The predicted molar refractivity (Wildman–Crippen MR) is 85.0 cm³/mol. The van der Waals surface area contributed by atoms with Gasteiger partial charge in [-0.15, -0.1) is 0 Å². The summed E-state index contributed by atoms with van der Waals surface area (Å²) in [4.78, 5) is 23.4. The van der Waals surface area contributed by atoms with E-state index in [-0.39, 0.29) is 11.2 Å². The van der Waals surface area contributed by atoms with Gasteiger partial charge in [-0.2, -0.15) is 0 Å². The molecule has 3 rings (SSSR count). The summed E-state index contributed by atoms with van der Waals surface area (Å²) >= 11 is 0. The number of esters is 1. The lowest BCUT2D eigenvalue weighted by atomic mass is 10.2. The van der Waals surface area contributed by atoms with Crippen molar-refractivity contribution in [2.24, 2.45) is 0 Å². The molecule has 5 nitrogen and oxygen atoms in total. The van der Waals surface area contributed by atoms with Crippen molar-refractivity contribution in [2.45, 2.75) is 13.8 Å². The number of carbonyl (C=O) groups is 1. The summed E-state index contributed by atoms with van der Waals surface area (Å²) in [5.74, 6) is 0.534. The molecule has 0 aliphatic rings. The van der Waals surface area contributed by atoms with E-state index in [1.165, 1.54) is 25.3 Å². The second-order valence-corrected chi connectivity index (χ2v) is 5.10. The number of ether oxygens (including phenoxy) is 2. The largest absolute Gasteiger partial charge is 0.460 e. The Kier molecular flexibility index (Phi) is 3.85. The van der Waals surface area contributed by atoms with Gasteiger partial charge in [0, 0.05) is 13.0 Å². The van der Waals surface area contributed by atoms with E-state index in [0.29, 0.717) is 22.5 Å². The third kappa shape index (κ3) is 3.23. The standard InChI is InChI=1S/C18H14O5/c1-11-3-5-13(6-4-11)23-17-10-21-16-9-14(22-12(2)19)7-8-15(16)18(17)20/h3-10H,1-2H3. The minimum atomic E-state index is -0.439. The highest BCUT2D eigenvalue weighted by atomic mass is 16.5. The first-order valence-corrected chi connectivity index (χ1v) is 7.01. The van der Waals surface area contributed by atoms with Crippen LogP contribution in [0.1, 0.15) is 12.5 Å². The lowest BCUT2D eigenvalue weighted by molar-refractivity contribution is -0.131. The van der Waals surface area contributed by atoms with E-state index < -0.39 is 5.97 Å². The SMILES string of the molecule is CC(=O)Oc1ccc2c(=O)c(Oc3ccc(C)cc3)coc2c1. The normalized spacial score (nSPS) is 10.5. The molecule has 1 aromatic heterocycles. The van der Waals surface area contributed by atoms with E-state index in [4.69, 9.17) is 13.9 Å². The van der Waals surface area contributed by atoms with Crippen LogP contribution in [-0.2, 0) is 4.79 Å². The lowest BCUT2D eigenvalue weighted by Gasteiger charge is -2.06. The van der Waals surface area contributed by atoms with Crippen molar-refractivity contribution >= 4 is 16.9 Å². The number of aryl methyl sites for hydroxylation is 1. The van der Waals surface area contributed by atoms with Crippen LogP contribution in [0.25, 0.3) is 11.0 Å². The smallest absolute Gasteiger partial charge is 0.308 e. The Bertz CT molecular complexity index is 922. The first-order chi connectivity index (χ1) is 11.0. The summed E-state index contributed by atoms with van der Waals surface area (Å²) < 4.78 is 16.0. The maximum Gasteiger partial charge on any atom is 0.308 e. The van der Waals surface area contributed by atoms with Gasteiger partial charge in [0.1, 0.15) is 23.3 Å². The van der Waals surface area contributed by atoms with E-state index in [0.717, 1.165) is 5.56 Å². The highest BCUT2D eigenvalue weighted by molar-refractivity contribution is 5.80. The first-order valence-electron chi connectivity index (χ1n) is 7.01. The van der Waals surface area contributed by atoms with E-state index in [1.807, 2.05) is 19.1 Å². The van der Waals surface area contributed by atoms with Gasteiger partial charge in [0.25, 0.3) is 0 Å². The van der Waals surface area contributed by atoms with Gasteiger partial charge in [-0.3, -0.25) is 9.59 Å². The molecule has 2 aromatic carbocycles. The monoisotopic (exact) mass is 310 g/mol. The predicted octanol–water partition coefficient (Wildman–Crippen LogP) is 3.82. The van der Waals surface area contributed by atoms with Crippen molar-refractivity contribution in [3.8, 4) is 17.2 Å². The molecule has 0 spiro atoms. The molecule has 0 atom stereocenters. The molecule has 0 aliphatic carbocycles. The van der Waals surface area contributed by atoms with E-state index in [2.05, 4.69) is 0 Å². The molecular formula is C18H14O5. The molecule has 0 aliphatic heterocycles. The van der Waals surface area contributed by atoms with Gasteiger partial charge in [-0.05, 0) is 31.2 Å². The number of carbonyl (C=O) groups excluding carboxylic acids is 1. The van der Waals surface area contributed by atoms with Crippen LogP contribution >= 0.6 is 0 Å². The summed E-state index contributed by atoms with van der Waals surface area (Å²) in [6.45, 7) is 3.27. The fourth-order valence-electron chi connectivity index (χ4n) is 2.12. The third-order valence-corrected chi connectivity index (χ3v) is 3.22. The topological polar surface area (TPSA) is 65.7 Å². The fraction of sp³-hybridized carbons (Fsp3) is 0.111. The number of fused-ring (bicyclic) bond motifs is 1. The third-order valence-electron chi connectivity index (χ3n) is 3.22. The summed E-state index contributed by atoms with van der Waals surface area (Å²) in [7, 11) is 0. The molecule has 0 saturated carbocycles. The maximum absolute atomic E-state index is 12.4. The molecule has 5 heteroatoms. The molecule has 3 aromatic rings. The minimum Gasteiger partial charge on any atom is -0.460 e. The van der Waals surface area contributed by atoms with Crippen LogP contribution < -0.4 is 14.9 Å². The Morgan fingerprint density at radius 3 is 2.43 bits per heavy atom. The molecule has 0 saturated heterocycles. The zero-order chi connectivity index (χ0) is 16.4. The van der Waals surface area contributed by atoms with Crippen LogP contribution in [0.2, 0.25) is 0 Å². The van der Waals surface area contributed by atoms with Crippen LogP contribution in [0.4, 0.5) is 0 Å². The second-order valence-electron chi connectivity index (χ2n) is 5.10. The van der Waals surface area contributed by atoms with Gasteiger partial charge >= 0.3 is 5.97 Å². The number of rotatable bonds is 3. The average Bonchev–Trinajstić information content (AvgIpc) is 2.51. The molecule has 0 unspecified atom stereocenters. The zero-order valence-electron chi connectivity index (χ0n) is 12.7. The maximum atomic E-state index is 12.4. The number of hydrogen-bond donors (Lipinski definition) is 0. The molecule has 0 fully saturated rings. The van der Waals surface area contributed by atoms with Crippen LogP contribution in [0, 0.1) is 6.92 Å². The van der Waals surface area contributed by atoms with Crippen molar-refractivity contribution in [1.29, 1.82) is 0 Å². The van der Waals surface area contributed by atoms with Crippen LogP contribution in [0.15, 0.2) is 57.9 Å². The number of benzene rings is 2. The summed E-state index contributed by atoms with van der Waals surface area (Å²) in [6.07, 6.45) is 1.25. The second kappa shape index (κ2) is 5.96. The van der Waals surface area contributed by atoms with Crippen LogP contribution in [0.3, 0.4) is 0 Å². The molecule has 23 heavy (non-hydrogen) atoms. The Morgan fingerprint density at radius 1 is 1.04 bits per heavy atom. The van der Waals surface area contributed by atoms with Crippen molar-refractivity contribution in [3.05, 3.63) is 64.5 Å². The Balaban J connectivity index is 1.97. The lowest BCUT2D eigenvalue weighted by Crippen LogP contribution is -2.06. The van der Waals surface area contributed by atoms with Gasteiger partial charge < -0.3 is 13.9 Å². The fourth-order valence-corrected chi connectivity index (χ4v) is 2.12. The zero-order valence-corrected chi connectivity index (χ0v) is 12.7. The van der Waals surface area contributed by atoms with E-state index in [1.54, 1.807) is 18.2 Å². The first kappa shape index (κ1) is 14.8. The van der Waals surface area contributed by atoms with Gasteiger partial charge in [0.15, 0.2) is 0 Å².